The molecule has 1 saturated heterocycles. The topological polar surface area (TPSA) is 95.4 Å². The van der Waals surface area contributed by atoms with Crippen LogP contribution in [0.25, 0.3) is 5.52 Å². The lowest BCUT2D eigenvalue weighted by Crippen LogP contribution is -2.53. The largest absolute Gasteiger partial charge is 0.344 e. The molecule has 1 aliphatic rings. The van der Waals surface area contributed by atoms with Gasteiger partial charge in [0.2, 0.25) is 0 Å². The fourth-order valence-corrected chi connectivity index (χ4v) is 4.74. The SMILES string of the molecule is CC(C)(C)c1cnc(C(=O)N[C@@H]2CN(C(=O)c3cccn4cncc34)CC[C@H]2c2ccccc2)[nH]1. The summed E-state index contributed by atoms with van der Waals surface area (Å²) in [5.74, 6) is 0.0507. The molecule has 0 radical (unpaired) electrons. The molecule has 0 bridgehead atoms. The normalized spacial score (nSPS) is 18.5. The first-order valence-electron chi connectivity index (χ1n) is 11.9. The zero-order valence-electron chi connectivity index (χ0n) is 20.2. The molecule has 1 fully saturated rings. The maximum absolute atomic E-state index is 13.5. The number of hydrogen-bond donors (Lipinski definition) is 2. The van der Waals surface area contributed by atoms with Crippen molar-refractivity contribution < 1.29 is 9.59 Å². The van der Waals surface area contributed by atoms with Crippen molar-refractivity contribution in [2.24, 2.45) is 0 Å². The second kappa shape index (κ2) is 9.02. The summed E-state index contributed by atoms with van der Waals surface area (Å²) in [5.41, 5.74) is 3.29. The molecule has 2 atom stereocenters. The summed E-state index contributed by atoms with van der Waals surface area (Å²) in [5, 5.41) is 3.17. The Bertz CT molecular complexity index is 1350. The van der Waals surface area contributed by atoms with Gasteiger partial charge in [-0.1, -0.05) is 51.1 Å². The summed E-state index contributed by atoms with van der Waals surface area (Å²) in [6, 6.07) is 13.6. The first kappa shape index (κ1) is 22.8. The predicted molar refractivity (Wildman–Crippen MR) is 133 cm³/mol. The Morgan fingerprint density at radius 3 is 2.63 bits per heavy atom. The van der Waals surface area contributed by atoms with Crippen molar-refractivity contribution in [1.29, 1.82) is 0 Å². The molecular weight excluding hydrogens is 440 g/mol. The van der Waals surface area contributed by atoms with Crippen LogP contribution in [0.15, 0.2) is 67.4 Å². The van der Waals surface area contributed by atoms with Crippen LogP contribution in [-0.4, -0.2) is 55.2 Å². The quantitative estimate of drug-likeness (QED) is 0.474. The van der Waals surface area contributed by atoms with E-state index in [9.17, 15) is 9.59 Å². The number of carbonyl (C=O) groups excluding carboxylic acids is 2. The monoisotopic (exact) mass is 470 g/mol. The van der Waals surface area contributed by atoms with E-state index in [1.54, 1.807) is 18.7 Å². The molecule has 0 saturated carbocycles. The summed E-state index contributed by atoms with van der Waals surface area (Å²) >= 11 is 0. The van der Waals surface area contributed by atoms with E-state index >= 15 is 0 Å². The fraction of sp³-hybridized carbons (Fsp3) is 0.333. The summed E-state index contributed by atoms with van der Waals surface area (Å²) < 4.78 is 1.84. The van der Waals surface area contributed by atoms with Crippen LogP contribution in [0.2, 0.25) is 0 Å². The number of rotatable bonds is 4. The highest BCUT2D eigenvalue weighted by Gasteiger charge is 2.35. The number of benzene rings is 1. The number of nitrogens with one attached hydrogen (secondary N) is 2. The van der Waals surface area contributed by atoms with E-state index < -0.39 is 0 Å². The van der Waals surface area contributed by atoms with E-state index in [1.807, 2.05) is 45.8 Å². The third-order valence-corrected chi connectivity index (χ3v) is 6.73. The lowest BCUT2D eigenvalue weighted by atomic mass is 9.85. The van der Waals surface area contributed by atoms with Crippen LogP contribution >= 0.6 is 0 Å². The molecule has 4 aromatic rings. The van der Waals surface area contributed by atoms with Crippen molar-refractivity contribution in [3.05, 3.63) is 90.0 Å². The van der Waals surface area contributed by atoms with Crippen molar-refractivity contribution in [3.8, 4) is 0 Å². The molecule has 5 rings (SSSR count). The van der Waals surface area contributed by atoms with Crippen molar-refractivity contribution in [2.75, 3.05) is 13.1 Å². The molecule has 3 aromatic heterocycles. The van der Waals surface area contributed by atoms with E-state index in [0.29, 0.717) is 18.7 Å². The molecule has 35 heavy (non-hydrogen) atoms. The lowest BCUT2D eigenvalue weighted by Gasteiger charge is -2.39. The smallest absolute Gasteiger partial charge is 0.287 e. The molecule has 1 aliphatic heterocycles. The van der Waals surface area contributed by atoms with Gasteiger partial charge in [-0.15, -0.1) is 0 Å². The van der Waals surface area contributed by atoms with E-state index in [-0.39, 0.29) is 35.0 Å². The molecule has 4 heterocycles. The Morgan fingerprint density at radius 1 is 1.09 bits per heavy atom. The van der Waals surface area contributed by atoms with Gasteiger partial charge >= 0.3 is 0 Å². The summed E-state index contributed by atoms with van der Waals surface area (Å²) in [4.78, 5) is 40.2. The number of piperidine rings is 1. The predicted octanol–water partition coefficient (Wildman–Crippen LogP) is 3.78. The molecule has 0 spiro atoms. The molecule has 0 aliphatic carbocycles. The van der Waals surface area contributed by atoms with Crippen molar-refractivity contribution in [3.63, 3.8) is 0 Å². The maximum Gasteiger partial charge on any atom is 0.287 e. The number of aromatic amines is 1. The van der Waals surface area contributed by atoms with Gasteiger partial charge < -0.3 is 19.6 Å². The number of H-pyrrole nitrogens is 1. The third-order valence-electron chi connectivity index (χ3n) is 6.73. The van der Waals surface area contributed by atoms with Crippen LogP contribution in [0.4, 0.5) is 0 Å². The molecule has 2 amide bonds. The van der Waals surface area contributed by atoms with Gasteiger partial charge in [-0.05, 0) is 24.1 Å². The Balaban J connectivity index is 1.40. The van der Waals surface area contributed by atoms with Crippen LogP contribution < -0.4 is 5.32 Å². The summed E-state index contributed by atoms with van der Waals surface area (Å²) in [6.07, 6.45) is 7.72. The minimum Gasteiger partial charge on any atom is -0.344 e. The fourth-order valence-electron chi connectivity index (χ4n) is 4.74. The Kier molecular flexibility index (Phi) is 5.88. The van der Waals surface area contributed by atoms with Gasteiger partial charge in [0.1, 0.15) is 0 Å². The van der Waals surface area contributed by atoms with Crippen LogP contribution in [0.3, 0.4) is 0 Å². The van der Waals surface area contributed by atoms with Gasteiger partial charge in [-0.25, -0.2) is 9.97 Å². The van der Waals surface area contributed by atoms with E-state index in [2.05, 4.69) is 53.2 Å². The first-order valence-corrected chi connectivity index (χ1v) is 11.9. The third kappa shape index (κ3) is 4.56. The molecule has 1 aromatic carbocycles. The van der Waals surface area contributed by atoms with Crippen LogP contribution in [-0.2, 0) is 5.41 Å². The van der Waals surface area contributed by atoms with E-state index in [0.717, 1.165) is 23.2 Å². The average molecular weight is 471 g/mol. The van der Waals surface area contributed by atoms with Crippen molar-refractivity contribution in [2.45, 2.75) is 44.6 Å². The zero-order chi connectivity index (χ0) is 24.6. The van der Waals surface area contributed by atoms with Gasteiger partial charge in [0.05, 0.1) is 29.6 Å². The van der Waals surface area contributed by atoms with Crippen molar-refractivity contribution >= 4 is 17.3 Å². The molecule has 8 heteroatoms. The standard InChI is InChI=1S/C27H30N6O2/c1-27(2,3)23-15-29-24(31-23)25(34)30-21-16-32(13-11-19(21)18-8-5-4-6-9-18)26(35)20-10-7-12-33-17-28-14-22(20)33/h4-10,12,14-15,17,19,21H,11,13,16H2,1-3H3,(H,29,31)(H,30,34)/t19-,21+/m0/s1. The Labute approximate surface area is 204 Å². The number of likely N-dealkylation sites (tertiary alicyclic amines) is 1. The minimum atomic E-state index is -0.265. The molecular formula is C27H30N6O2. The number of carbonyl (C=O) groups is 2. The van der Waals surface area contributed by atoms with Crippen LogP contribution in [0, 0.1) is 0 Å². The van der Waals surface area contributed by atoms with Crippen LogP contribution in [0.5, 0.6) is 0 Å². The number of pyridine rings is 1. The number of fused-ring (bicyclic) bond motifs is 1. The molecule has 8 nitrogen and oxygen atoms in total. The number of aromatic nitrogens is 4. The Morgan fingerprint density at radius 2 is 1.89 bits per heavy atom. The highest BCUT2D eigenvalue weighted by molar-refractivity contribution is 6.00. The van der Waals surface area contributed by atoms with E-state index in [1.165, 1.54) is 0 Å². The van der Waals surface area contributed by atoms with Gasteiger partial charge in [-0.3, -0.25) is 9.59 Å². The van der Waals surface area contributed by atoms with E-state index in [4.69, 9.17) is 0 Å². The second-order valence-corrected chi connectivity index (χ2v) is 10.1. The average Bonchev–Trinajstić information content (AvgIpc) is 3.54. The number of amides is 2. The molecule has 0 unspecified atom stereocenters. The van der Waals surface area contributed by atoms with Gasteiger partial charge in [0.25, 0.3) is 11.8 Å². The number of hydrogen-bond acceptors (Lipinski definition) is 4. The highest BCUT2D eigenvalue weighted by Crippen LogP contribution is 2.30. The second-order valence-electron chi connectivity index (χ2n) is 10.1. The van der Waals surface area contributed by atoms with Gasteiger partial charge in [0, 0.05) is 42.5 Å². The molecule has 180 valence electrons. The number of imidazole rings is 2. The summed E-state index contributed by atoms with van der Waals surface area (Å²) in [6.45, 7) is 7.22. The van der Waals surface area contributed by atoms with Crippen molar-refractivity contribution in [1.82, 2.24) is 29.6 Å². The van der Waals surface area contributed by atoms with Gasteiger partial charge in [-0.2, -0.15) is 0 Å². The maximum atomic E-state index is 13.5. The zero-order valence-corrected chi connectivity index (χ0v) is 20.2. The first-order chi connectivity index (χ1) is 16.8. The highest BCUT2D eigenvalue weighted by atomic mass is 16.2. The lowest BCUT2D eigenvalue weighted by molar-refractivity contribution is 0.0655. The number of nitrogens with zero attached hydrogens (tertiary/aromatic N) is 4. The van der Waals surface area contributed by atoms with Crippen LogP contribution in [0.1, 0.15) is 65.3 Å². The summed E-state index contributed by atoms with van der Waals surface area (Å²) in [7, 11) is 0. The minimum absolute atomic E-state index is 0.0603. The Hall–Kier alpha value is -3.94. The van der Waals surface area contributed by atoms with Gasteiger partial charge in [0.15, 0.2) is 5.82 Å². The molecule has 2 N–H and O–H groups in total.